The van der Waals surface area contributed by atoms with Crippen molar-refractivity contribution in [2.75, 3.05) is 0 Å². The minimum Gasteiger partial charge on any atom is -0.476 e. The molecule has 0 bridgehead atoms. The highest BCUT2D eigenvalue weighted by Gasteiger charge is 2.25. The van der Waals surface area contributed by atoms with Crippen LogP contribution in [0.5, 0.6) is 0 Å². The van der Waals surface area contributed by atoms with Crippen LogP contribution in [0, 0.1) is 0 Å². The van der Waals surface area contributed by atoms with E-state index in [9.17, 15) is 4.79 Å². The molecular formula is C8H10N2O2S. The average molecular weight is 198 g/mol. The first-order chi connectivity index (χ1) is 6.24. The maximum Gasteiger partial charge on any atom is 0.356 e. The largest absolute Gasteiger partial charge is 0.476 e. The molecule has 1 aliphatic heterocycles. The highest BCUT2D eigenvalue weighted by Crippen LogP contribution is 2.32. The Bertz CT molecular complexity index is 359. The summed E-state index contributed by atoms with van der Waals surface area (Å²) in [6, 6.07) is 0. The van der Waals surface area contributed by atoms with E-state index in [0.29, 0.717) is 0 Å². The molecule has 0 unspecified atom stereocenters. The fourth-order valence-corrected chi connectivity index (χ4v) is 2.66. The molecule has 70 valence electrons. The molecule has 0 aliphatic carbocycles. The molecule has 0 radical (unpaired) electrons. The quantitative estimate of drug-likeness (QED) is 0.779. The zero-order valence-electron chi connectivity index (χ0n) is 7.28. The van der Waals surface area contributed by atoms with Crippen molar-refractivity contribution in [3.63, 3.8) is 0 Å². The van der Waals surface area contributed by atoms with Gasteiger partial charge in [0.1, 0.15) is 0 Å². The van der Waals surface area contributed by atoms with Crippen LogP contribution >= 0.6 is 11.8 Å². The van der Waals surface area contributed by atoms with E-state index in [1.807, 2.05) is 6.92 Å². The van der Waals surface area contributed by atoms with Gasteiger partial charge in [-0.25, -0.2) is 4.79 Å². The van der Waals surface area contributed by atoms with E-state index in [1.165, 1.54) is 0 Å². The lowest BCUT2D eigenvalue weighted by Crippen LogP contribution is -2.03. The topological polar surface area (TPSA) is 55.1 Å². The number of aromatic carboxylic acids is 1. The van der Waals surface area contributed by atoms with Gasteiger partial charge in [-0.15, -0.1) is 0 Å². The van der Waals surface area contributed by atoms with Gasteiger partial charge in [-0.05, 0) is 6.92 Å². The van der Waals surface area contributed by atoms with Crippen LogP contribution in [0.1, 0.15) is 28.7 Å². The van der Waals surface area contributed by atoms with Crippen LogP contribution in [0.2, 0.25) is 0 Å². The Morgan fingerprint density at radius 2 is 2.46 bits per heavy atom. The standard InChI is InChI=1S/C8H10N2O2S/c1-2-10-6-4-13-3-5(6)7(9-10)8(11)12/h2-4H2,1H3,(H,11,12). The van der Waals surface area contributed by atoms with Crippen molar-refractivity contribution < 1.29 is 9.90 Å². The van der Waals surface area contributed by atoms with Gasteiger partial charge in [0.25, 0.3) is 0 Å². The van der Waals surface area contributed by atoms with Gasteiger partial charge < -0.3 is 5.11 Å². The summed E-state index contributed by atoms with van der Waals surface area (Å²) in [7, 11) is 0. The Morgan fingerprint density at radius 1 is 1.69 bits per heavy atom. The average Bonchev–Trinajstić information content (AvgIpc) is 2.61. The fourth-order valence-electron chi connectivity index (χ4n) is 1.53. The monoisotopic (exact) mass is 198 g/mol. The molecule has 1 aliphatic rings. The predicted octanol–water partition coefficient (Wildman–Crippen LogP) is 1.35. The van der Waals surface area contributed by atoms with Crippen LogP contribution in [-0.2, 0) is 18.1 Å². The second-order valence-corrected chi connectivity index (χ2v) is 3.87. The maximum absolute atomic E-state index is 10.8. The SMILES string of the molecule is CCn1nc(C(=O)O)c2c1CSC2. The number of thioether (sulfide) groups is 1. The number of hydrogen-bond acceptors (Lipinski definition) is 3. The van der Waals surface area contributed by atoms with Gasteiger partial charge in [0.2, 0.25) is 0 Å². The van der Waals surface area contributed by atoms with Gasteiger partial charge in [-0.3, -0.25) is 4.68 Å². The lowest BCUT2D eigenvalue weighted by molar-refractivity contribution is 0.0688. The van der Waals surface area contributed by atoms with Crippen molar-refractivity contribution in [3.8, 4) is 0 Å². The van der Waals surface area contributed by atoms with Gasteiger partial charge in [-0.1, -0.05) is 0 Å². The lowest BCUT2D eigenvalue weighted by Gasteiger charge is -1.98. The summed E-state index contributed by atoms with van der Waals surface area (Å²) < 4.78 is 1.79. The molecule has 4 nitrogen and oxygen atoms in total. The molecule has 1 aromatic heterocycles. The van der Waals surface area contributed by atoms with Crippen LogP contribution in [0.3, 0.4) is 0 Å². The van der Waals surface area contributed by atoms with E-state index >= 15 is 0 Å². The number of nitrogens with zero attached hydrogens (tertiary/aromatic N) is 2. The third-order valence-electron chi connectivity index (χ3n) is 2.15. The van der Waals surface area contributed by atoms with E-state index in [1.54, 1.807) is 16.4 Å². The molecule has 0 amide bonds. The molecule has 2 heterocycles. The summed E-state index contributed by atoms with van der Waals surface area (Å²) >= 11 is 1.75. The van der Waals surface area contributed by atoms with Crippen LogP contribution in [0.15, 0.2) is 0 Å². The molecule has 0 atom stereocenters. The van der Waals surface area contributed by atoms with Gasteiger partial charge in [0.05, 0.1) is 5.69 Å². The Balaban J connectivity index is 2.54. The Hall–Kier alpha value is -0.970. The third kappa shape index (κ3) is 1.23. The Labute approximate surface area is 79.9 Å². The van der Waals surface area contributed by atoms with Crippen molar-refractivity contribution in [2.24, 2.45) is 0 Å². The van der Waals surface area contributed by atoms with Crippen LogP contribution in [-0.4, -0.2) is 20.9 Å². The zero-order valence-corrected chi connectivity index (χ0v) is 8.10. The minimum absolute atomic E-state index is 0.238. The van der Waals surface area contributed by atoms with E-state index in [2.05, 4.69) is 5.10 Å². The summed E-state index contributed by atoms with van der Waals surface area (Å²) in [5.74, 6) is 0.770. The molecule has 0 fully saturated rings. The normalized spacial score (nSPS) is 14.5. The van der Waals surface area contributed by atoms with Gasteiger partial charge in [0.15, 0.2) is 5.69 Å². The maximum atomic E-state index is 10.8. The molecule has 13 heavy (non-hydrogen) atoms. The summed E-state index contributed by atoms with van der Waals surface area (Å²) in [6.07, 6.45) is 0. The van der Waals surface area contributed by atoms with Crippen LogP contribution < -0.4 is 0 Å². The van der Waals surface area contributed by atoms with Gasteiger partial charge in [-0.2, -0.15) is 16.9 Å². The number of aromatic nitrogens is 2. The van der Waals surface area contributed by atoms with Crippen molar-refractivity contribution in [2.45, 2.75) is 25.0 Å². The smallest absolute Gasteiger partial charge is 0.356 e. The second kappa shape index (κ2) is 3.06. The van der Waals surface area contributed by atoms with Gasteiger partial charge in [0, 0.05) is 23.6 Å². The number of hydrogen-bond donors (Lipinski definition) is 1. The first kappa shape index (κ1) is 8.62. The third-order valence-corrected chi connectivity index (χ3v) is 3.12. The fraction of sp³-hybridized carbons (Fsp3) is 0.500. The summed E-state index contributed by atoms with van der Waals surface area (Å²) in [5, 5.41) is 12.9. The van der Waals surface area contributed by atoms with E-state index < -0.39 is 5.97 Å². The second-order valence-electron chi connectivity index (χ2n) is 2.89. The van der Waals surface area contributed by atoms with E-state index in [4.69, 9.17) is 5.11 Å². The van der Waals surface area contributed by atoms with E-state index in [0.717, 1.165) is 29.3 Å². The van der Waals surface area contributed by atoms with Crippen molar-refractivity contribution in [3.05, 3.63) is 17.0 Å². The molecule has 1 N–H and O–H groups in total. The number of carboxylic acid groups (broad SMARTS) is 1. The molecule has 0 saturated carbocycles. The highest BCUT2D eigenvalue weighted by atomic mass is 32.2. The molecule has 1 aromatic rings. The number of fused-ring (bicyclic) bond motifs is 1. The Kier molecular flexibility index (Phi) is 2.03. The molecule has 0 spiro atoms. The van der Waals surface area contributed by atoms with E-state index in [-0.39, 0.29) is 5.69 Å². The molecule has 2 rings (SSSR count). The van der Waals surface area contributed by atoms with Crippen LogP contribution in [0.4, 0.5) is 0 Å². The number of aryl methyl sites for hydroxylation is 1. The zero-order chi connectivity index (χ0) is 9.42. The molecule has 0 aromatic carbocycles. The number of carboxylic acids is 1. The Morgan fingerprint density at radius 3 is 3.08 bits per heavy atom. The van der Waals surface area contributed by atoms with Gasteiger partial charge >= 0.3 is 5.97 Å². The highest BCUT2D eigenvalue weighted by molar-refractivity contribution is 7.98. The first-order valence-corrected chi connectivity index (χ1v) is 5.29. The lowest BCUT2D eigenvalue weighted by atomic mass is 10.2. The van der Waals surface area contributed by atoms with Crippen molar-refractivity contribution >= 4 is 17.7 Å². The molecule has 0 saturated heterocycles. The summed E-state index contributed by atoms with van der Waals surface area (Å²) in [5.41, 5.74) is 2.24. The van der Waals surface area contributed by atoms with Crippen molar-refractivity contribution in [1.29, 1.82) is 0 Å². The predicted molar refractivity (Wildman–Crippen MR) is 49.9 cm³/mol. The number of carbonyl (C=O) groups is 1. The van der Waals surface area contributed by atoms with Crippen LogP contribution in [0.25, 0.3) is 0 Å². The first-order valence-electron chi connectivity index (χ1n) is 4.13. The molecule has 5 heteroatoms. The summed E-state index contributed by atoms with van der Waals surface area (Å²) in [4.78, 5) is 10.8. The molecular weight excluding hydrogens is 188 g/mol. The minimum atomic E-state index is -0.911. The number of rotatable bonds is 2. The summed E-state index contributed by atoms with van der Waals surface area (Å²) in [6.45, 7) is 2.72. The van der Waals surface area contributed by atoms with Crippen molar-refractivity contribution in [1.82, 2.24) is 9.78 Å².